The van der Waals surface area contributed by atoms with Crippen molar-refractivity contribution in [2.75, 3.05) is 46.5 Å². The van der Waals surface area contributed by atoms with Gasteiger partial charge in [0.1, 0.15) is 12.4 Å². The van der Waals surface area contributed by atoms with Crippen molar-refractivity contribution in [3.8, 4) is 17.2 Å². The number of ether oxygens (including phenoxy) is 3. The number of carbonyl (C=O) groups is 1. The molecule has 0 aromatic heterocycles. The van der Waals surface area contributed by atoms with E-state index in [0.29, 0.717) is 53.2 Å². The summed E-state index contributed by atoms with van der Waals surface area (Å²) in [7, 11) is 1.65. The third-order valence-corrected chi connectivity index (χ3v) is 8.28. The van der Waals surface area contributed by atoms with Crippen molar-refractivity contribution in [1.82, 2.24) is 9.80 Å². The number of benzene rings is 2. The molecule has 0 spiro atoms. The Labute approximate surface area is 241 Å². The lowest BCUT2D eigenvalue weighted by Crippen LogP contribution is -2.37. The van der Waals surface area contributed by atoms with Crippen LogP contribution in [0.4, 0.5) is 0 Å². The lowest BCUT2D eigenvalue weighted by atomic mass is 9.96. The fourth-order valence-electron chi connectivity index (χ4n) is 5.22. The van der Waals surface area contributed by atoms with Crippen molar-refractivity contribution < 1.29 is 24.1 Å². The second-order valence-corrected chi connectivity index (χ2v) is 11.4. The standard InChI is InChI=1S/C30H40Cl2N2O5/c1-37-28-19-23(8-11-27(28)38-18-6-16-34-15-4-2-3-7-29(34)35)21-33-14-5-12-30(36,13-17-33)22-39-24-9-10-25(31)26(32)20-24/h8-11,19-20,36H,2-7,12-18,21-22H2,1H3/t30-/m0/s1. The normalized spacial score (nSPS) is 20.8. The molecule has 2 heterocycles. The average molecular weight is 580 g/mol. The molecule has 2 aromatic rings. The molecule has 2 aliphatic rings. The monoisotopic (exact) mass is 578 g/mol. The van der Waals surface area contributed by atoms with E-state index in [1.54, 1.807) is 25.3 Å². The van der Waals surface area contributed by atoms with Gasteiger partial charge in [0.25, 0.3) is 0 Å². The van der Waals surface area contributed by atoms with Gasteiger partial charge < -0.3 is 24.2 Å². The van der Waals surface area contributed by atoms with Crippen LogP contribution in [0.5, 0.6) is 17.2 Å². The van der Waals surface area contributed by atoms with Gasteiger partial charge in [-0.05, 0) is 74.9 Å². The molecule has 39 heavy (non-hydrogen) atoms. The smallest absolute Gasteiger partial charge is 0.222 e. The number of amides is 1. The first-order chi connectivity index (χ1) is 18.8. The Bertz CT molecular complexity index is 1100. The first-order valence-electron chi connectivity index (χ1n) is 14.0. The Morgan fingerprint density at radius 3 is 2.62 bits per heavy atom. The summed E-state index contributed by atoms with van der Waals surface area (Å²) in [4.78, 5) is 16.5. The molecule has 2 saturated heterocycles. The molecule has 4 rings (SSSR count). The molecule has 0 saturated carbocycles. The van der Waals surface area contributed by atoms with Gasteiger partial charge in [0.15, 0.2) is 11.5 Å². The number of rotatable bonds is 11. The van der Waals surface area contributed by atoms with Crippen molar-refractivity contribution in [3.05, 3.63) is 52.0 Å². The minimum Gasteiger partial charge on any atom is -0.493 e. The molecule has 2 aliphatic heterocycles. The maximum Gasteiger partial charge on any atom is 0.222 e. The zero-order chi connectivity index (χ0) is 27.7. The zero-order valence-electron chi connectivity index (χ0n) is 22.8. The van der Waals surface area contributed by atoms with Crippen molar-refractivity contribution in [3.63, 3.8) is 0 Å². The van der Waals surface area contributed by atoms with E-state index < -0.39 is 5.60 Å². The highest BCUT2D eigenvalue weighted by Gasteiger charge is 2.31. The molecular formula is C30H40Cl2N2O5. The van der Waals surface area contributed by atoms with Crippen LogP contribution in [0.25, 0.3) is 0 Å². The fraction of sp³-hybridized carbons (Fsp3) is 0.567. The number of carbonyl (C=O) groups excluding carboxylic acids is 1. The van der Waals surface area contributed by atoms with Gasteiger partial charge >= 0.3 is 0 Å². The fourth-order valence-corrected chi connectivity index (χ4v) is 5.51. The van der Waals surface area contributed by atoms with Gasteiger partial charge in [0.05, 0.1) is 29.4 Å². The summed E-state index contributed by atoms with van der Waals surface area (Å²) in [5.74, 6) is 2.29. The van der Waals surface area contributed by atoms with Gasteiger partial charge in [0, 0.05) is 38.7 Å². The van der Waals surface area contributed by atoms with Crippen LogP contribution < -0.4 is 14.2 Å². The van der Waals surface area contributed by atoms with E-state index in [-0.39, 0.29) is 12.5 Å². The molecule has 2 fully saturated rings. The third-order valence-electron chi connectivity index (χ3n) is 7.54. The topological polar surface area (TPSA) is 71.5 Å². The highest BCUT2D eigenvalue weighted by Crippen LogP contribution is 2.31. The van der Waals surface area contributed by atoms with Crippen LogP contribution in [0.2, 0.25) is 10.0 Å². The van der Waals surface area contributed by atoms with Crippen LogP contribution in [0.3, 0.4) is 0 Å². The highest BCUT2D eigenvalue weighted by molar-refractivity contribution is 6.42. The largest absolute Gasteiger partial charge is 0.493 e. The molecule has 0 radical (unpaired) electrons. The Kier molecular flexibility index (Phi) is 11.0. The Balaban J connectivity index is 1.24. The first-order valence-corrected chi connectivity index (χ1v) is 14.7. The van der Waals surface area contributed by atoms with Crippen LogP contribution in [-0.2, 0) is 11.3 Å². The highest BCUT2D eigenvalue weighted by atomic mass is 35.5. The van der Waals surface area contributed by atoms with Crippen molar-refractivity contribution in [2.45, 2.75) is 63.5 Å². The van der Waals surface area contributed by atoms with Gasteiger partial charge in [-0.3, -0.25) is 9.69 Å². The Morgan fingerprint density at radius 1 is 0.923 bits per heavy atom. The van der Waals surface area contributed by atoms with E-state index in [1.807, 2.05) is 17.0 Å². The summed E-state index contributed by atoms with van der Waals surface area (Å²) in [6, 6.07) is 11.2. The molecule has 0 bridgehead atoms. The molecule has 9 heteroatoms. The number of halogens is 2. The van der Waals surface area contributed by atoms with Crippen molar-refractivity contribution in [1.29, 1.82) is 0 Å². The molecular weight excluding hydrogens is 539 g/mol. The number of methoxy groups -OCH3 is 1. The average Bonchev–Trinajstić information content (AvgIpc) is 3.25. The maximum atomic E-state index is 12.2. The Hall–Kier alpha value is -2.19. The van der Waals surface area contributed by atoms with Crippen molar-refractivity contribution in [2.24, 2.45) is 0 Å². The van der Waals surface area contributed by atoms with Gasteiger partial charge in [-0.2, -0.15) is 0 Å². The first kappa shape index (κ1) is 29.8. The lowest BCUT2D eigenvalue weighted by Gasteiger charge is -2.27. The van der Waals surface area contributed by atoms with Crippen LogP contribution in [0.1, 0.15) is 56.9 Å². The van der Waals surface area contributed by atoms with E-state index in [1.165, 1.54) is 0 Å². The van der Waals surface area contributed by atoms with E-state index in [0.717, 1.165) is 70.4 Å². The second-order valence-electron chi connectivity index (χ2n) is 10.6. The van der Waals surface area contributed by atoms with E-state index in [2.05, 4.69) is 11.0 Å². The molecule has 0 aliphatic carbocycles. The predicted octanol–water partition coefficient (Wildman–Crippen LogP) is 5.97. The van der Waals surface area contributed by atoms with Crippen LogP contribution >= 0.6 is 23.2 Å². The van der Waals surface area contributed by atoms with Crippen LogP contribution in [-0.4, -0.2) is 72.9 Å². The number of hydrogen-bond donors (Lipinski definition) is 1. The van der Waals surface area contributed by atoms with Gasteiger partial charge in [-0.1, -0.05) is 35.7 Å². The number of hydrogen-bond acceptors (Lipinski definition) is 6. The minimum absolute atomic E-state index is 0.213. The van der Waals surface area contributed by atoms with Crippen LogP contribution in [0, 0.1) is 0 Å². The van der Waals surface area contributed by atoms with Gasteiger partial charge in [-0.15, -0.1) is 0 Å². The van der Waals surface area contributed by atoms with Gasteiger partial charge in [0.2, 0.25) is 5.91 Å². The summed E-state index contributed by atoms with van der Waals surface area (Å²) < 4.78 is 17.5. The van der Waals surface area contributed by atoms with E-state index >= 15 is 0 Å². The summed E-state index contributed by atoms with van der Waals surface area (Å²) >= 11 is 12.1. The second kappa shape index (κ2) is 14.4. The van der Waals surface area contributed by atoms with Crippen LogP contribution in [0.15, 0.2) is 36.4 Å². The zero-order valence-corrected chi connectivity index (χ0v) is 24.3. The molecule has 1 atom stereocenters. The number of aliphatic hydroxyl groups is 1. The summed E-state index contributed by atoms with van der Waals surface area (Å²) in [5.41, 5.74) is 0.237. The quantitative estimate of drug-likeness (QED) is 0.331. The summed E-state index contributed by atoms with van der Waals surface area (Å²) in [6.07, 6.45) is 6.85. The third kappa shape index (κ3) is 8.90. The maximum absolute atomic E-state index is 12.2. The SMILES string of the molecule is COc1cc(CN2CCC[C@@](O)(COc3ccc(Cl)c(Cl)c3)CC2)ccc1OCCCN1CCCCCC1=O. The predicted molar refractivity (Wildman–Crippen MR) is 154 cm³/mol. The molecule has 0 unspecified atom stereocenters. The summed E-state index contributed by atoms with van der Waals surface area (Å²) in [5, 5.41) is 12.1. The number of nitrogens with zero attached hydrogens (tertiary/aromatic N) is 2. The van der Waals surface area contributed by atoms with E-state index in [4.69, 9.17) is 37.4 Å². The minimum atomic E-state index is -0.895. The van der Waals surface area contributed by atoms with Gasteiger partial charge in [-0.25, -0.2) is 0 Å². The molecule has 1 amide bonds. The lowest BCUT2D eigenvalue weighted by molar-refractivity contribution is -0.130. The van der Waals surface area contributed by atoms with Crippen molar-refractivity contribution >= 4 is 29.1 Å². The molecule has 7 nitrogen and oxygen atoms in total. The molecule has 2 aromatic carbocycles. The molecule has 1 N–H and O–H groups in total. The summed E-state index contributed by atoms with van der Waals surface area (Å²) in [6.45, 7) is 4.76. The number of likely N-dealkylation sites (tertiary alicyclic amines) is 2. The van der Waals surface area contributed by atoms with E-state index in [9.17, 15) is 9.90 Å². The molecule has 214 valence electrons. The Morgan fingerprint density at radius 2 is 1.79 bits per heavy atom.